The number of rotatable bonds is 6. The molecule has 1 aromatic heterocycles. The highest BCUT2D eigenvalue weighted by molar-refractivity contribution is 5.40. The molecule has 1 spiro atoms. The van der Waals surface area contributed by atoms with E-state index in [0.29, 0.717) is 12.0 Å². The molecular weight excluding hydrogens is 378 g/mol. The fraction of sp³-hybridized carbons (Fsp3) is 0.652. The van der Waals surface area contributed by atoms with Gasteiger partial charge in [-0.3, -0.25) is 9.80 Å². The van der Waals surface area contributed by atoms with Crippen LogP contribution in [0.1, 0.15) is 44.0 Å². The van der Waals surface area contributed by atoms with Crippen LogP contribution >= 0.6 is 0 Å². The third kappa shape index (κ3) is 3.93. The Morgan fingerprint density at radius 2 is 1.93 bits per heavy atom. The molecule has 1 atom stereocenters. The Morgan fingerprint density at radius 1 is 1.17 bits per heavy atom. The molecule has 2 saturated heterocycles. The van der Waals surface area contributed by atoms with E-state index in [1.165, 1.54) is 18.4 Å². The summed E-state index contributed by atoms with van der Waals surface area (Å²) in [4.78, 5) is 5.18. The van der Waals surface area contributed by atoms with Gasteiger partial charge in [0.05, 0.1) is 14.2 Å². The number of hydrogen-bond acceptors (Lipinski definition) is 6. The smallest absolute Gasteiger partial charge is 0.137 e. The predicted molar refractivity (Wildman–Crippen MR) is 117 cm³/mol. The van der Waals surface area contributed by atoms with E-state index < -0.39 is 0 Å². The van der Waals surface area contributed by atoms with Crippen LogP contribution in [0.15, 0.2) is 24.5 Å². The van der Waals surface area contributed by atoms with E-state index in [4.69, 9.17) is 9.47 Å². The summed E-state index contributed by atoms with van der Waals surface area (Å²) in [6, 6.07) is 6.68. The zero-order valence-electron chi connectivity index (χ0n) is 19.0. The van der Waals surface area contributed by atoms with E-state index in [1.807, 2.05) is 18.5 Å². The maximum Gasteiger partial charge on any atom is 0.137 e. The highest BCUT2D eigenvalue weighted by Crippen LogP contribution is 2.49. The van der Waals surface area contributed by atoms with E-state index in [1.54, 1.807) is 14.2 Å². The number of nitrogens with zero attached hydrogens (tertiary/aromatic N) is 5. The number of hydrogen-bond donors (Lipinski definition) is 0. The van der Waals surface area contributed by atoms with E-state index >= 15 is 0 Å². The summed E-state index contributed by atoms with van der Waals surface area (Å²) in [5, 5.41) is 8.69. The van der Waals surface area contributed by atoms with Crippen molar-refractivity contribution in [3.63, 3.8) is 0 Å². The number of methoxy groups -OCH3 is 2. The first-order valence-corrected chi connectivity index (χ1v) is 11.0. The van der Waals surface area contributed by atoms with Crippen molar-refractivity contribution >= 4 is 0 Å². The second kappa shape index (κ2) is 8.55. The second-order valence-electron chi connectivity index (χ2n) is 9.19. The zero-order chi connectivity index (χ0) is 21.3. The van der Waals surface area contributed by atoms with Gasteiger partial charge in [0.15, 0.2) is 0 Å². The molecule has 7 heteroatoms. The molecule has 0 amide bonds. The monoisotopic (exact) mass is 413 g/mol. The zero-order valence-corrected chi connectivity index (χ0v) is 19.0. The molecule has 30 heavy (non-hydrogen) atoms. The Balaban J connectivity index is 1.49. The van der Waals surface area contributed by atoms with Gasteiger partial charge in [-0.05, 0) is 51.3 Å². The van der Waals surface area contributed by atoms with Gasteiger partial charge in [0.2, 0.25) is 0 Å². The molecular formula is C23H35N5O2. The Morgan fingerprint density at radius 3 is 2.53 bits per heavy atom. The van der Waals surface area contributed by atoms with Crippen molar-refractivity contribution < 1.29 is 9.47 Å². The van der Waals surface area contributed by atoms with Crippen molar-refractivity contribution in [3.8, 4) is 11.5 Å². The molecule has 1 unspecified atom stereocenters. The molecule has 0 N–H and O–H groups in total. The van der Waals surface area contributed by atoms with E-state index in [0.717, 1.165) is 50.0 Å². The summed E-state index contributed by atoms with van der Waals surface area (Å²) in [5.41, 5.74) is 1.50. The third-order valence-corrected chi connectivity index (χ3v) is 7.20. The van der Waals surface area contributed by atoms with Gasteiger partial charge in [-0.2, -0.15) is 0 Å². The van der Waals surface area contributed by atoms with E-state index in [9.17, 15) is 0 Å². The van der Waals surface area contributed by atoms with Crippen molar-refractivity contribution in [2.24, 2.45) is 12.5 Å². The molecule has 2 aromatic rings. The van der Waals surface area contributed by atoms with Gasteiger partial charge < -0.3 is 14.0 Å². The number of aromatic nitrogens is 3. The fourth-order valence-electron chi connectivity index (χ4n) is 5.25. The molecule has 2 aliphatic rings. The van der Waals surface area contributed by atoms with Crippen molar-refractivity contribution in [2.45, 2.75) is 45.2 Å². The van der Waals surface area contributed by atoms with Crippen LogP contribution in [0, 0.1) is 5.41 Å². The lowest BCUT2D eigenvalue weighted by Crippen LogP contribution is -2.44. The minimum Gasteiger partial charge on any atom is -0.497 e. The minimum absolute atomic E-state index is 0.283. The first-order valence-electron chi connectivity index (χ1n) is 11.0. The van der Waals surface area contributed by atoms with E-state index in [2.05, 4.69) is 51.5 Å². The van der Waals surface area contributed by atoms with Crippen LogP contribution in [0.2, 0.25) is 0 Å². The van der Waals surface area contributed by atoms with Gasteiger partial charge >= 0.3 is 0 Å². The SMILES string of the molecule is COc1ccc(CN2CCC3(CC2)CN(C(C)C)CC3c2nncn2C)c(OC)c1. The van der Waals surface area contributed by atoms with Gasteiger partial charge in [-0.25, -0.2) is 0 Å². The van der Waals surface area contributed by atoms with Crippen molar-refractivity contribution in [2.75, 3.05) is 40.4 Å². The second-order valence-corrected chi connectivity index (χ2v) is 9.19. The Labute approximate surface area is 180 Å². The average molecular weight is 414 g/mol. The molecule has 4 rings (SSSR count). The van der Waals surface area contributed by atoms with Crippen LogP contribution in [-0.4, -0.2) is 71.0 Å². The fourth-order valence-corrected chi connectivity index (χ4v) is 5.25. The Hall–Kier alpha value is -2.12. The van der Waals surface area contributed by atoms with Gasteiger partial charge in [-0.15, -0.1) is 10.2 Å². The third-order valence-electron chi connectivity index (χ3n) is 7.20. The molecule has 1 aromatic carbocycles. The lowest BCUT2D eigenvalue weighted by Gasteiger charge is -2.42. The Kier molecular flexibility index (Phi) is 6.02. The van der Waals surface area contributed by atoms with Gasteiger partial charge in [0.25, 0.3) is 0 Å². The van der Waals surface area contributed by atoms with Gasteiger partial charge in [0.1, 0.15) is 23.7 Å². The summed E-state index contributed by atoms with van der Waals surface area (Å²) in [6.07, 6.45) is 4.21. The molecule has 7 nitrogen and oxygen atoms in total. The maximum absolute atomic E-state index is 5.61. The van der Waals surface area contributed by atoms with Gasteiger partial charge in [0, 0.05) is 50.3 Å². The standard InChI is InChI=1S/C23H35N5O2/c1-17(2)28-14-20(22-25-24-16-26(22)3)23(15-28)8-10-27(11-9-23)13-18-6-7-19(29-4)12-21(18)30-5/h6-7,12,16-17,20H,8-11,13-15H2,1-5H3. The summed E-state index contributed by atoms with van der Waals surface area (Å²) >= 11 is 0. The normalized spacial score (nSPS) is 22.1. The number of ether oxygens (including phenoxy) is 2. The van der Waals surface area contributed by atoms with Crippen LogP contribution in [0.4, 0.5) is 0 Å². The summed E-state index contributed by atoms with van der Waals surface area (Å²) < 4.78 is 13.1. The topological polar surface area (TPSA) is 55.7 Å². The molecule has 3 heterocycles. The van der Waals surface area contributed by atoms with Crippen molar-refractivity contribution in [3.05, 3.63) is 35.9 Å². The molecule has 0 radical (unpaired) electrons. The predicted octanol–water partition coefficient (Wildman–Crippen LogP) is 2.92. The highest BCUT2D eigenvalue weighted by Gasteiger charge is 2.50. The quantitative estimate of drug-likeness (QED) is 0.726. The maximum atomic E-state index is 5.61. The minimum atomic E-state index is 0.283. The van der Waals surface area contributed by atoms with Crippen LogP contribution in [0.3, 0.4) is 0 Å². The van der Waals surface area contributed by atoms with Gasteiger partial charge in [-0.1, -0.05) is 6.07 Å². The Bertz CT molecular complexity index is 857. The average Bonchev–Trinajstić information content (AvgIpc) is 3.33. The first-order chi connectivity index (χ1) is 14.5. The van der Waals surface area contributed by atoms with Crippen molar-refractivity contribution in [1.82, 2.24) is 24.6 Å². The summed E-state index contributed by atoms with van der Waals surface area (Å²) in [6.45, 7) is 9.94. The molecule has 0 bridgehead atoms. The molecule has 164 valence electrons. The highest BCUT2D eigenvalue weighted by atomic mass is 16.5. The van der Waals surface area contributed by atoms with Crippen LogP contribution in [0.5, 0.6) is 11.5 Å². The summed E-state index contributed by atoms with van der Waals surface area (Å²) in [5.74, 6) is 3.33. The van der Waals surface area contributed by atoms with Crippen molar-refractivity contribution in [1.29, 1.82) is 0 Å². The van der Waals surface area contributed by atoms with Crippen LogP contribution in [0.25, 0.3) is 0 Å². The molecule has 0 aliphatic carbocycles. The number of benzene rings is 1. The number of aryl methyl sites for hydroxylation is 1. The largest absolute Gasteiger partial charge is 0.497 e. The lowest BCUT2D eigenvalue weighted by atomic mass is 9.70. The van der Waals surface area contributed by atoms with Crippen LogP contribution < -0.4 is 9.47 Å². The summed E-state index contributed by atoms with van der Waals surface area (Å²) in [7, 11) is 5.49. The number of piperidine rings is 1. The first kappa shape index (κ1) is 21.1. The molecule has 0 saturated carbocycles. The number of likely N-dealkylation sites (tertiary alicyclic amines) is 2. The molecule has 2 fully saturated rings. The van der Waals surface area contributed by atoms with E-state index in [-0.39, 0.29) is 5.41 Å². The molecule has 2 aliphatic heterocycles. The lowest BCUT2D eigenvalue weighted by molar-refractivity contribution is 0.0861. The van der Waals surface area contributed by atoms with Crippen LogP contribution in [-0.2, 0) is 13.6 Å².